The van der Waals surface area contributed by atoms with Gasteiger partial charge in [-0.1, -0.05) is 23.4 Å². The Kier molecular flexibility index (Phi) is 6.94. The molecule has 0 aliphatic carbocycles. The molecule has 3 heterocycles. The molecule has 4 N–H and O–H groups in total. The highest BCUT2D eigenvalue weighted by Gasteiger charge is 2.23. The Bertz CT molecular complexity index is 1300. The van der Waals surface area contributed by atoms with Crippen LogP contribution < -0.4 is 16.0 Å². The fraction of sp³-hybridized carbons (Fsp3) is 0.333. The highest BCUT2D eigenvalue weighted by molar-refractivity contribution is 8.03. The lowest BCUT2D eigenvalue weighted by Crippen LogP contribution is -2.39. The first-order valence-corrected chi connectivity index (χ1v) is 12.8. The average molecular weight is 512 g/mol. The molecule has 3 aromatic rings. The molecule has 2 aliphatic heterocycles. The number of amides is 1. The van der Waals surface area contributed by atoms with Gasteiger partial charge in [0.25, 0.3) is 5.91 Å². The first-order chi connectivity index (χ1) is 17.0. The van der Waals surface area contributed by atoms with Gasteiger partial charge >= 0.3 is 0 Å². The van der Waals surface area contributed by atoms with Crippen molar-refractivity contribution in [3.63, 3.8) is 0 Å². The van der Waals surface area contributed by atoms with Crippen LogP contribution in [-0.2, 0) is 4.79 Å². The number of hydrogen-bond donors (Lipinski definition) is 4. The maximum atomic E-state index is 12.5. The number of aromatic nitrogens is 3. The molecule has 0 saturated carbocycles. The topological polar surface area (TPSA) is 115 Å². The molecule has 182 valence electrons. The molecule has 1 amide bonds. The monoisotopic (exact) mass is 511 g/mol. The first-order valence-electron chi connectivity index (χ1n) is 11.5. The lowest BCUT2D eigenvalue weighted by Gasteiger charge is -2.16. The van der Waals surface area contributed by atoms with Gasteiger partial charge in [0.15, 0.2) is 5.50 Å². The van der Waals surface area contributed by atoms with Crippen molar-refractivity contribution in [1.82, 2.24) is 30.7 Å². The van der Waals surface area contributed by atoms with E-state index in [4.69, 9.17) is 11.6 Å². The predicted octanol–water partition coefficient (Wildman–Crippen LogP) is 3.44. The molecule has 1 saturated heterocycles. The number of anilines is 1. The zero-order valence-electron chi connectivity index (χ0n) is 19.2. The number of aryl methyl sites for hydroxylation is 1. The lowest BCUT2D eigenvalue weighted by molar-refractivity contribution is -0.117. The number of nitrogens with one attached hydrogen (secondary N) is 3. The van der Waals surface area contributed by atoms with Gasteiger partial charge in [0.1, 0.15) is 17.0 Å². The summed E-state index contributed by atoms with van der Waals surface area (Å²) >= 11 is 7.77. The number of carbonyl (C=O) groups is 1. The molecule has 35 heavy (non-hydrogen) atoms. The van der Waals surface area contributed by atoms with Gasteiger partial charge in [-0.2, -0.15) is 0 Å². The van der Waals surface area contributed by atoms with Gasteiger partial charge in [-0.15, -0.1) is 10.2 Å². The smallest absolute Gasteiger partial charge is 0.268 e. The average Bonchev–Trinajstić information content (AvgIpc) is 3.53. The van der Waals surface area contributed by atoms with E-state index >= 15 is 0 Å². The number of likely N-dealkylation sites (tertiary alicyclic amines) is 1. The van der Waals surface area contributed by atoms with E-state index in [9.17, 15) is 9.90 Å². The number of benzene rings is 2. The molecule has 0 spiro atoms. The third kappa shape index (κ3) is 5.44. The van der Waals surface area contributed by atoms with E-state index in [0.29, 0.717) is 39.8 Å². The first kappa shape index (κ1) is 23.7. The highest BCUT2D eigenvalue weighted by atomic mass is 35.5. The molecule has 1 fully saturated rings. The minimum absolute atomic E-state index is 0.118. The number of phenolic OH excluding ortho intramolecular Hbond substituents is 1. The molecule has 11 heteroatoms. The van der Waals surface area contributed by atoms with Gasteiger partial charge in [-0.3, -0.25) is 4.79 Å². The number of thioether (sulfide) groups is 1. The number of carbonyl (C=O) groups excluding carboxylic acids is 1. The van der Waals surface area contributed by atoms with Crippen LogP contribution in [0.3, 0.4) is 0 Å². The van der Waals surface area contributed by atoms with E-state index in [2.05, 4.69) is 36.0 Å². The Hall–Kier alpha value is -3.08. The number of rotatable bonds is 7. The number of halogens is 1. The molecule has 1 atom stereocenters. The second-order valence-corrected chi connectivity index (χ2v) is 9.99. The van der Waals surface area contributed by atoms with Gasteiger partial charge in [-0.05, 0) is 74.3 Å². The third-order valence-electron chi connectivity index (χ3n) is 6.04. The van der Waals surface area contributed by atoms with Crippen LogP contribution in [0.25, 0.3) is 22.2 Å². The van der Waals surface area contributed by atoms with Crippen LogP contribution in [0.4, 0.5) is 5.95 Å². The fourth-order valence-electron chi connectivity index (χ4n) is 4.24. The molecule has 2 aliphatic rings. The summed E-state index contributed by atoms with van der Waals surface area (Å²) in [5.41, 5.74) is 4.00. The molecule has 0 bridgehead atoms. The normalized spacial score (nSPS) is 17.9. The van der Waals surface area contributed by atoms with E-state index in [1.165, 1.54) is 24.6 Å². The Morgan fingerprint density at radius 2 is 2.09 bits per heavy atom. The zero-order valence-corrected chi connectivity index (χ0v) is 20.8. The molecule has 2 aromatic carbocycles. The Balaban J connectivity index is 1.22. The summed E-state index contributed by atoms with van der Waals surface area (Å²) in [7, 11) is 0. The van der Waals surface area contributed by atoms with Gasteiger partial charge in [-0.25, -0.2) is 4.98 Å². The largest absolute Gasteiger partial charge is 0.508 e. The van der Waals surface area contributed by atoms with Gasteiger partial charge < -0.3 is 26.0 Å². The number of aromatic hydroxyl groups is 1. The summed E-state index contributed by atoms with van der Waals surface area (Å²) in [5.74, 6) is 0.381. The van der Waals surface area contributed by atoms with Crippen molar-refractivity contribution in [2.24, 2.45) is 0 Å². The second kappa shape index (κ2) is 10.3. The third-order valence-corrected chi connectivity index (χ3v) is 7.25. The van der Waals surface area contributed by atoms with Gasteiger partial charge in [0, 0.05) is 29.1 Å². The zero-order chi connectivity index (χ0) is 24.4. The van der Waals surface area contributed by atoms with Crippen LogP contribution in [0.1, 0.15) is 18.4 Å². The van der Waals surface area contributed by atoms with Crippen LogP contribution in [-0.4, -0.2) is 62.8 Å². The Morgan fingerprint density at radius 1 is 1.26 bits per heavy atom. The van der Waals surface area contributed by atoms with Crippen LogP contribution in [0.5, 0.6) is 5.75 Å². The van der Waals surface area contributed by atoms with Crippen molar-refractivity contribution in [3.05, 3.63) is 52.0 Å². The maximum Gasteiger partial charge on any atom is 0.268 e. The highest BCUT2D eigenvalue weighted by Crippen LogP contribution is 2.33. The minimum atomic E-state index is -0.278. The summed E-state index contributed by atoms with van der Waals surface area (Å²) in [4.78, 5) is 19.5. The van der Waals surface area contributed by atoms with Gasteiger partial charge in [0.05, 0.1) is 5.52 Å². The quantitative estimate of drug-likeness (QED) is 0.378. The number of nitrogens with zero attached hydrogens (tertiary/aromatic N) is 4. The molecule has 0 radical (unpaired) electrons. The standard InChI is InChI=1S/C24H26ClN7O2S/c1-14-10-15(17-12-16(33)4-5-18(17)25)11-19-21(14)28-23(31-30-19)29-24-27-20(13-35-24)22(34)26-6-9-32-7-2-3-8-32/h4-5,10-13,24,27,33H,2-3,6-9H2,1H3,(H,26,34)(H,28,29,31). The Labute approximate surface area is 212 Å². The van der Waals surface area contributed by atoms with E-state index in [-0.39, 0.29) is 17.2 Å². The molecule has 9 nitrogen and oxygen atoms in total. The summed E-state index contributed by atoms with van der Waals surface area (Å²) in [6.45, 7) is 5.68. The van der Waals surface area contributed by atoms with Crippen LogP contribution in [0.15, 0.2) is 41.4 Å². The number of phenols is 1. The van der Waals surface area contributed by atoms with Crippen molar-refractivity contribution >= 4 is 46.3 Å². The molecular weight excluding hydrogens is 486 g/mol. The SMILES string of the molecule is Cc1cc(-c2cc(O)ccc2Cl)cc2nnc(NC3NC(C(=O)NCCN4CCCC4)=CS3)nc12. The fourth-order valence-corrected chi connectivity index (χ4v) is 5.29. The predicted molar refractivity (Wildman–Crippen MR) is 139 cm³/mol. The van der Waals surface area contributed by atoms with E-state index in [1.54, 1.807) is 23.6 Å². The summed E-state index contributed by atoms with van der Waals surface area (Å²) in [5, 5.41) is 30.0. The van der Waals surface area contributed by atoms with Crippen LogP contribution in [0, 0.1) is 6.92 Å². The summed E-state index contributed by atoms with van der Waals surface area (Å²) in [6.07, 6.45) is 2.48. The van der Waals surface area contributed by atoms with Crippen molar-refractivity contribution in [1.29, 1.82) is 0 Å². The van der Waals surface area contributed by atoms with Crippen LogP contribution in [0.2, 0.25) is 5.02 Å². The van der Waals surface area contributed by atoms with Crippen LogP contribution >= 0.6 is 23.4 Å². The molecular formula is C24H26ClN7O2S. The molecule has 1 aromatic heterocycles. The van der Waals surface area contributed by atoms with E-state index < -0.39 is 0 Å². The van der Waals surface area contributed by atoms with Crippen molar-refractivity contribution in [2.75, 3.05) is 31.5 Å². The Morgan fingerprint density at radius 3 is 2.91 bits per heavy atom. The maximum absolute atomic E-state index is 12.5. The lowest BCUT2D eigenvalue weighted by atomic mass is 10.0. The number of hydrogen-bond acceptors (Lipinski definition) is 9. The van der Waals surface area contributed by atoms with E-state index in [1.807, 2.05) is 19.1 Å². The summed E-state index contributed by atoms with van der Waals surface area (Å²) in [6, 6.07) is 8.63. The number of fused-ring (bicyclic) bond motifs is 1. The van der Waals surface area contributed by atoms with Crippen molar-refractivity contribution in [3.8, 4) is 16.9 Å². The van der Waals surface area contributed by atoms with Gasteiger partial charge in [0.2, 0.25) is 5.95 Å². The van der Waals surface area contributed by atoms with Crippen molar-refractivity contribution in [2.45, 2.75) is 25.3 Å². The minimum Gasteiger partial charge on any atom is -0.508 e. The molecule has 1 unspecified atom stereocenters. The summed E-state index contributed by atoms with van der Waals surface area (Å²) < 4.78 is 0. The second-order valence-electron chi connectivity index (χ2n) is 8.60. The van der Waals surface area contributed by atoms with Crippen molar-refractivity contribution < 1.29 is 9.90 Å². The molecule has 5 rings (SSSR count). The van der Waals surface area contributed by atoms with E-state index in [0.717, 1.165) is 30.8 Å².